The molecule has 18 heavy (non-hydrogen) atoms. The van der Waals surface area contributed by atoms with Crippen LogP contribution in [0.3, 0.4) is 0 Å². The van der Waals surface area contributed by atoms with E-state index in [0.717, 1.165) is 26.2 Å². The van der Waals surface area contributed by atoms with Crippen molar-refractivity contribution in [1.82, 2.24) is 0 Å². The van der Waals surface area contributed by atoms with Crippen LogP contribution in [0.15, 0.2) is 12.2 Å². The van der Waals surface area contributed by atoms with Gasteiger partial charge in [-0.3, -0.25) is 0 Å². The summed E-state index contributed by atoms with van der Waals surface area (Å²) in [6.45, 7) is 4.15. The van der Waals surface area contributed by atoms with Crippen LogP contribution < -0.4 is 22.9 Å². The fraction of sp³-hybridized carbons (Fsp3) is 0.857. The van der Waals surface area contributed by atoms with Crippen molar-refractivity contribution in [2.24, 2.45) is 11.8 Å². The van der Waals surface area contributed by atoms with E-state index in [2.05, 4.69) is 35.1 Å². The molecule has 0 aliphatic carbocycles. The molecule has 0 radical (unpaired) electrons. The lowest BCUT2D eigenvalue weighted by molar-refractivity contribution is -0.376. The van der Waals surface area contributed by atoms with Crippen LogP contribution in [0, 0.1) is 11.8 Å². The molecule has 1 atom stereocenters. The summed E-state index contributed by atoms with van der Waals surface area (Å²) in [6, 6.07) is 0. The zero-order valence-electron chi connectivity index (χ0n) is 12.2. The Balaban J connectivity index is 4.14. The first kappa shape index (κ1) is 17.6. The Morgan fingerprint density at radius 2 is 1.00 bits per heavy atom. The molecular weight excluding hydrogens is 224 g/mol. The van der Waals surface area contributed by atoms with Gasteiger partial charge in [-0.2, -0.15) is 0 Å². The van der Waals surface area contributed by atoms with Crippen molar-refractivity contribution >= 4 is 0 Å². The third kappa shape index (κ3) is 9.59. The molecule has 0 saturated carbocycles. The normalized spacial score (nSPS) is 13.6. The van der Waals surface area contributed by atoms with E-state index in [0.29, 0.717) is 11.8 Å². The maximum absolute atomic E-state index is 3.99. The van der Waals surface area contributed by atoms with Gasteiger partial charge in [0.25, 0.3) is 0 Å². The van der Waals surface area contributed by atoms with Gasteiger partial charge in [-0.05, 0) is 31.1 Å². The van der Waals surface area contributed by atoms with Gasteiger partial charge >= 0.3 is 0 Å². The molecule has 12 N–H and O–H groups in total. The van der Waals surface area contributed by atoms with Crippen molar-refractivity contribution in [3.05, 3.63) is 12.2 Å². The van der Waals surface area contributed by atoms with Crippen molar-refractivity contribution in [1.29, 1.82) is 0 Å². The number of allylic oxidation sites excluding steroid dienone is 2. The SMILES string of the molecule is [NH3+]CCCCC(/C=C/C(CC[NH3+])CC[NH3+])CC[NH3+]. The van der Waals surface area contributed by atoms with E-state index in [9.17, 15) is 0 Å². The lowest BCUT2D eigenvalue weighted by atomic mass is 9.94. The summed E-state index contributed by atoms with van der Waals surface area (Å²) in [5.74, 6) is 1.39. The summed E-state index contributed by atoms with van der Waals surface area (Å²) in [5.41, 5.74) is 15.8. The molecule has 0 aromatic rings. The minimum atomic E-state index is 0.681. The van der Waals surface area contributed by atoms with Gasteiger partial charge in [-0.1, -0.05) is 12.2 Å². The maximum Gasteiger partial charge on any atom is 0.0745 e. The fourth-order valence-electron chi connectivity index (χ4n) is 2.36. The summed E-state index contributed by atoms with van der Waals surface area (Å²) in [4.78, 5) is 0. The Bertz CT molecular complexity index is 188. The lowest BCUT2D eigenvalue weighted by Gasteiger charge is -2.12. The van der Waals surface area contributed by atoms with E-state index in [-0.39, 0.29) is 0 Å². The monoisotopic (exact) mass is 260 g/mol. The molecule has 0 bridgehead atoms. The van der Waals surface area contributed by atoms with Crippen LogP contribution in [0.5, 0.6) is 0 Å². The number of unbranched alkanes of at least 4 members (excludes halogenated alkanes) is 1. The van der Waals surface area contributed by atoms with E-state index in [1.807, 2.05) is 0 Å². The zero-order valence-corrected chi connectivity index (χ0v) is 12.2. The van der Waals surface area contributed by atoms with Crippen molar-refractivity contribution in [2.75, 3.05) is 26.2 Å². The standard InChI is InChI=1S/C14H32N4/c15-9-2-1-3-13(6-10-16)4-5-14(7-11-17)8-12-18/h4-5,13-14H,1-3,6-12,15-18H2/p+4/b5-4+. The molecule has 1 unspecified atom stereocenters. The summed E-state index contributed by atoms with van der Waals surface area (Å²) < 4.78 is 0. The number of quaternary nitrogens is 4. The van der Waals surface area contributed by atoms with Crippen LogP contribution in [-0.4, -0.2) is 26.2 Å². The van der Waals surface area contributed by atoms with Gasteiger partial charge in [0.05, 0.1) is 26.2 Å². The zero-order chi connectivity index (χ0) is 13.6. The van der Waals surface area contributed by atoms with Crippen molar-refractivity contribution < 1.29 is 22.9 Å². The summed E-state index contributed by atoms with van der Waals surface area (Å²) >= 11 is 0. The predicted octanol–water partition coefficient (Wildman–Crippen LogP) is -1.92. The highest BCUT2D eigenvalue weighted by Crippen LogP contribution is 2.16. The van der Waals surface area contributed by atoms with Gasteiger partial charge in [0.2, 0.25) is 0 Å². The van der Waals surface area contributed by atoms with E-state index >= 15 is 0 Å². The highest BCUT2D eigenvalue weighted by atomic mass is 14.5. The van der Waals surface area contributed by atoms with Crippen LogP contribution >= 0.6 is 0 Å². The van der Waals surface area contributed by atoms with Gasteiger partial charge in [0.1, 0.15) is 0 Å². The molecule has 0 aliphatic rings. The smallest absolute Gasteiger partial charge is 0.0745 e. The summed E-state index contributed by atoms with van der Waals surface area (Å²) in [5, 5.41) is 0. The van der Waals surface area contributed by atoms with Gasteiger partial charge in [0, 0.05) is 19.3 Å². The number of rotatable bonds is 12. The third-order valence-corrected chi connectivity index (χ3v) is 3.46. The van der Waals surface area contributed by atoms with Crippen molar-refractivity contribution in [3.63, 3.8) is 0 Å². The van der Waals surface area contributed by atoms with E-state index in [1.165, 1.54) is 38.5 Å². The first-order chi connectivity index (χ1) is 8.78. The number of hydrogen-bond acceptors (Lipinski definition) is 0. The second kappa shape index (κ2) is 13.0. The van der Waals surface area contributed by atoms with Crippen LogP contribution in [-0.2, 0) is 0 Å². The lowest BCUT2D eigenvalue weighted by Crippen LogP contribution is -2.52. The Kier molecular flexibility index (Phi) is 12.7. The molecule has 0 aromatic carbocycles. The largest absolute Gasteiger partial charge is 0.358 e. The molecular formula is C14H36N4+4. The second-order valence-corrected chi connectivity index (χ2v) is 5.18. The summed E-state index contributed by atoms with van der Waals surface area (Å²) in [7, 11) is 0. The number of hydrogen-bond donors (Lipinski definition) is 4. The molecule has 0 aromatic heterocycles. The molecule has 0 aliphatic heterocycles. The molecule has 0 heterocycles. The van der Waals surface area contributed by atoms with Gasteiger partial charge in [-0.25, -0.2) is 0 Å². The Hall–Kier alpha value is -0.420. The Morgan fingerprint density at radius 3 is 1.39 bits per heavy atom. The predicted molar refractivity (Wildman–Crippen MR) is 74.8 cm³/mol. The van der Waals surface area contributed by atoms with E-state index in [1.54, 1.807) is 0 Å². The minimum absolute atomic E-state index is 0.681. The first-order valence-corrected chi connectivity index (χ1v) is 7.63. The highest BCUT2D eigenvalue weighted by Gasteiger charge is 2.08. The van der Waals surface area contributed by atoms with Crippen molar-refractivity contribution in [3.8, 4) is 0 Å². The third-order valence-electron chi connectivity index (χ3n) is 3.46. The van der Waals surface area contributed by atoms with E-state index < -0.39 is 0 Å². The van der Waals surface area contributed by atoms with Crippen LogP contribution in [0.1, 0.15) is 38.5 Å². The first-order valence-electron chi connectivity index (χ1n) is 7.63. The average Bonchev–Trinajstić information content (AvgIpc) is 2.36. The Labute approximate surface area is 112 Å². The summed E-state index contributed by atoms with van der Waals surface area (Å²) in [6.07, 6.45) is 12.3. The molecule has 0 amide bonds. The van der Waals surface area contributed by atoms with Gasteiger partial charge in [0.15, 0.2) is 0 Å². The topological polar surface area (TPSA) is 111 Å². The average molecular weight is 260 g/mol. The molecule has 108 valence electrons. The van der Waals surface area contributed by atoms with Crippen LogP contribution in [0.2, 0.25) is 0 Å². The Morgan fingerprint density at radius 1 is 0.556 bits per heavy atom. The van der Waals surface area contributed by atoms with Crippen molar-refractivity contribution in [2.45, 2.75) is 38.5 Å². The molecule has 0 fully saturated rings. The molecule has 0 saturated heterocycles. The molecule has 4 nitrogen and oxygen atoms in total. The molecule has 0 spiro atoms. The quantitative estimate of drug-likeness (QED) is 0.232. The van der Waals surface area contributed by atoms with Crippen LogP contribution in [0.25, 0.3) is 0 Å². The molecule has 0 rings (SSSR count). The fourth-order valence-corrected chi connectivity index (χ4v) is 2.36. The van der Waals surface area contributed by atoms with E-state index in [4.69, 9.17) is 0 Å². The van der Waals surface area contributed by atoms with Gasteiger partial charge < -0.3 is 22.9 Å². The van der Waals surface area contributed by atoms with Gasteiger partial charge in [-0.15, -0.1) is 0 Å². The molecule has 4 heteroatoms. The second-order valence-electron chi connectivity index (χ2n) is 5.18. The minimum Gasteiger partial charge on any atom is -0.358 e. The van der Waals surface area contributed by atoms with Crippen LogP contribution in [0.4, 0.5) is 0 Å². The highest BCUT2D eigenvalue weighted by molar-refractivity contribution is 4.92. The maximum atomic E-state index is 3.99.